The van der Waals surface area contributed by atoms with Crippen LogP contribution in [0.5, 0.6) is 0 Å². The van der Waals surface area contributed by atoms with Crippen LogP contribution in [0.4, 0.5) is 0 Å². The number of carboxylic acids is 1. The fourth-order valence-corrected chi connectivity index (χ4v) is 2.73. The van der Waals surface area contributed by atoms with Crippen LogP contribution in [0.25, 0.3) is 0 Å². The average Bonchev–Trinajstić information content (AvgIpc) is 2.97. The molecule has 0 aromatic heterocycles. The van der Waals surface area contributed by atoms with Crippen molar-refractivity contribution in [3.05, 3.63) is 0 Å². The minimum atomic E-state index is -0.843. The Kier molecular flexibility index (Phi) is 5.01. The lowest BCUT2D eigenvalue weighted by Crippen LogP contribution is -2.23. The summed E-state index contributed by atoms with van der Waals surface area (Å²) in [6.07, 6.45) is 9.16. The lowest BCUT2D eigenvalue weighted by atomic mass is 10.0. The van der Waals surface area contributed by atoms with E-state index in [0.717, 1.165) is 32.0 Å². The van der Waals surface area contributed by atoms with Gasteiger partial charge in [0.05, 0.1) is 6.61 Å². The number of rotatable bonds is 9. The van der Waals surface area contributed by atoms with Crippen LogP contribution < -0.4 is 0 Å². The van der Waals surface area contributed by atoms with Crippen LogP contribution >= 0.6 is 0 Å². The molecule has 0 radical (unpaired) electrons. The van der Waals surface area contributed by atoms with E-state index in [1.165, 1.54) is 32.1 Å². The van der Waals surface area contributed by atoms with Gasteiger partial charge in [-0.15, -0.1) is 0 Å². The summed E-state index contributed by atoms with van der Waals surface area (Å²) in [5, 5.41) is 8.91. The molecule has 1 saturated heterocycles. The average molecular weight is 256 g/mol. The first-order valence-corrected chi connectivity index (χ1v) is 7.18. The Morgan fingerprint density at radius 3 is 2.61 bits per heavy atom. The molecule has 4 heteroatoms. The monoisotopic (exact) mass is 256 g/mol. The molecule has 1 saturated carbocycles. The number of unbranched alkanes of at least 4 members (excludes halogenated alkanes) is 1. The van der Waals surface area contributed by atoms with Crippen molar-refractivity contribution in [2.24, 2.45) is 5.92 Å². The van der Waals surface area contributed by atoms with Gasteiger partial charge in [0, 0.05) is 13.2 Å². The van der Waals surface area contributed by atoms with Gasteiger partial charge in [0.15, 0.2) is 5.60 Å². The minimum Gasteiger partial charge on any atom is -0.479 e. The minimum absolute atomic E-state index is 0.380. The fraction of sp³-hybridized carbons (Fsp3) is 0.929. The maximum atomic E-state index is 10.8. The lowest BCUT2D eigenvalue weighted by Gasteiger charge is -2.09. The first-order chi connectivity index (χ1) is 8.73. The first-order valence-electron chi connectivity index (χ1n) is 7.18. The molecule has 104 valence electrons. The van der Waals surface area contributed by atoms with Crippen molar-refractivity contribution < 1.29 is 19.4 Å². The molecule has 18 heavy (non-hydrogen) atoms. The van der Waals surface area contributed by atoms with Crippen molar-refractivity contribution >= 4 is 5.97 Å². The number of carboxylic acid groups (broad SMARTS) is 1. The van der Waals surface area contributed by atoms with E-state index in [4.69, 9.17) is 14.6 Å². The van der Waals surface area contributed by atoms with E-state index in [2.05, 4.69) is 0 Å². The summed E-state index contributed by atoms with van der Waals surface area (Å²) < 4.78 is 10.6. The van der Waals surface area contributed by atoms with Crippen molar-refractivity contribution in [2.75, 3.05) is 19.8 Å². The molecular formula is C14H24O4. The van der Waals surface area contributed by atoms with Crippen LogP contribution in [0.2, 0.25) is 0 Å². The van der Waals surface area contributed by atoms with Gasteiger partial charge >= 0.3 is 5.97 Å². The molecule has 2 rings (SSSR count). The highest BCUT2D eigenvalue weighted by Gasteiger charge is 2.51. The largest absolute Gasteiger partial charge is 0.479 e. The first kappa shape index (κ1) is 13.8. The second-order valence-corrected chi connectivity index (χ2v) is 5.60. The van der Waals surface area contributed by atoms with Gasteiger partial charge in [0.2, 0.25) is 0 Å². The van der Waals surface area contributed by atoms with Crippen LogP contribution in [0.15, 0.2) is 0 Å². The predicted molar refractivity (Wildman–Crippen MR) is 67.6 cm³/mol. The second-order valence-electron chi connectivity index (χ2n) is 5.60. The smallest absolute Gasteiger partial charge is 0.338 e. The van der Waals surface area contributed by atoms with Gasteiger partial charge in [-0.1, -0.05) is 25.7 Å². The molecule has 1 aliphatic heterocycles. The normalized spacial score (nSPS) is 27.6. The number of hydrogen-bond donors (Lipinski definition) is 1. The molecule has 1 atom stereocenters. The van der Waals surface area contributed by atoms with E-state index < -0.39 is 11.6 Å². The Morgan fingerprint density at radius 1 is 1.28 bits per heavy atom. The molecule has 0 aromatic rings. The van der Waals surface area contributed by atoms with Gasteiger partial charge in [-0.3, -0.25) is 0 Å². The Balaban J connectivity index is 1.41. The van der Waals surface area contributed by atoms with Gasteiger partial charge in [-0.2, -0.15) is 0 Å². The standard InChI is InChI=1S/C14H24O4/c15-13(16)14(11-18-14)8-3-4-9-17-10-7-12-5-1-2-6-12/h12H,1-11H2,(H,15,16). The van der Waals surface area contributed by atoms with E-state index in [1.807, 2.05) is 0 Å². The van der Waals surface area contributed by atoms with E-state index in [9.17, 15) is 4.79 Å². The lowest BCUT2D eigenvalue weighted by molar-refractivity contribution is -0.143. The van der Waals surface area contributed by atoms with Gasteiger partial charge < -0.3 is 14.6 Å². The highest BCUT2D eigenvalue weighted by atomic mass is 16.6. The third-order valence-electron chi connectivity index (χ3n) is 4.15. The summed E-state index contributed by atoms with van der Waals surface area (Å²) in [7, 11) is 0. The quantitative estimate of drug-likeness (QED) is 0.509. The molecule has 0 aromatic carbocycles. The molecule has 2 fully saturated rings. The van der Waals surface area contributed by atoms with Crippen LogP contribution in [0, 0.1) is 5.92 Å². The van der Waals surface area contributed by atoms with Crippen LogP contribution in [0.1, 0.15) is 51.4 Å². The number of aliphatic carboxylic acids is 1. The van der Waals surface area contributed by atoms with E-state index in [0.29, 0.717) is 13.0 Å². The summed E-state index contributed by atoms with van der Waals surface area (Å²) in [5.74, 6) is 0.0739. The van der Waals surface area contributed by atoms with E-state index >= 15 is 0 Å². The summed E-state index contributed by atoms with van der Waals surface area (Å²) in [6, 6.07) is 0. The highest BCUT2D eigenvalue weighted by molar-refractivity contribution is 5.80. The molecule has 1 aliphatic carbocycles. The molecular weight excluding hydrogens is 232 g/mol. The van der Waals surface area contributed by atoms with Crippen LogP contribution in [-0.4, -0.2) is 36.5 Å². The van der Waals surface area contributed by atoms with E-state index in [-0.39, 0.29) is 0 Å². The molecule has 0 spiro atoms. The van der Waals surface area contributed by atoms with Crippen molar-refractivity contribution in [1.82, 2.24) is 0 Å². The van der Waals surface area contributed by atoms with Crippen molar-refractivity contribution in [3.63, 3.8) is 0 Å². The Hall–Kier alpha value is -0.610. The molecule has 0 amide bonds. The Morgan fingerprint density at radius 2 is 2.00 bits per heavy atom. The maximum Gasteiger partial charge on any atom is 0.338 e. The number of hydrogen-bond acceptors (Lipinski definition) is 3. The van der Waals surface area contributed by atoms with Crippen molar-refractivity contribution in [1.29, 1.82) is 0 Å². The van der Waals surface area contributed by atoms with Crippen molar-refractivity contribution in [2.45, 2.75) is 57.0 Å². The zero-order valence-electron chi connectivity index (χ0n) is 11.0. The van der Waals surface area contributed by atoms with Gasteiger partial charge in [0.25, 0.3) is 0 Å². The molecule has 4 nitrogen and oxygen atoms in total. The third-order valence-corrected chi connectivity index (χ3v) is 4.15. The number of ether oxygens (including phenoxy) is 2. The number of carbonyl (C=O) groups is 1. The molecule has 1 unspecified atom stereocenters. The third kappa shape index (κ3) is 3.95. The fourth-order valence-electron chi connectivity index (χ4n) is 2.73. The summed E-state index contributed by atoms with van der Waals surface area (Å²) in [6.45, 7) is 2.00. The molecule has 1 heterocycles. The SMILES string of the molecule is O=C(O)C1(CCCCOCCC2CCCC2)CO1. The zero-order chi connectivity index (χ0) is 12.8. The topological polar surface area (TPSA) is 59.1 Å². The van der Waals surface area contributed by atoms with Crippen molar-refractivity contribution in [3.8, 4) is 0 Å². The Labute approximate surface area is 109 Å². The highest BCUT2D eigenvalue weighted by Crippen LogP contribution is 2.32. The summed E-state index contributed by atoms with van der Waals surface area (Å²) >= 11 is 0. The predicted octanol–water partition coefficient (Wildman–Crippen LogP) is 2.61. The Bertz CT molecular complexity index is 267. The van der Waals surface area contributed by atoms with Crippen LogP contribution in [0.3, 0.4) is 0 Å². The molecule has 2 aliphatic rings. The van der Waals surface area contributed by atoms with Crippen LogP contribution in [-0.2, 0) is 14.3 Å². The van der Waals surface area contributed by atoms with Gasteiger partial charge in [-0.05, 0) is 31.6 Å². The number of epoxide rings is 1. The molecule has 0 bridgehead atoms. The summed E-state index contributed by atoms with van der Waals surface area (Å²) in [5.41, 5.74) is -0.843. The summed E-state index contributed by atoms with van der Waals surface area (Å²) in [4.78, 5) is 10.8. The second kappa shape index (κ2) is 6.53. The van der Waals surface area contributed by atoms with Gasteiger partial charge in [0.1, 0.15) is 0 Å². The van der Waals surface area contributed by atoms with E-state index in [1.54, 1.807) is 0 Å². The zero-order valence-corrected chi connectivity index (χ0v) is 11.0. The molecule has 1 N–H and O–H groups in total. The van der Waals surface area contributed by atoms with Gasteiger partial charge in [-0.25, -0.2) is 4.79 Å². The maximum absolute atomic E-state index is 10.8.